The number of aromatic nitrogens is 1. The molecule has 0 saturated heterocycles. The molecule has 3 nitrogen and oxygen atoms in total. The van der Waals surface area contributed by atoms with E-state index in [9.17, 15) is 35.1 Å². The van der Waals surface area contributed by atoms with Crippen LogP contribution < -0.4 is 9.47 Å². The van der Waals surface area contributed by atoms with E-state index in [1.54, 1.807) is 0 Å². The monoisotopic (exact) mass is 311 g/mol. The van der Waals surface area contributed by atoms with E-state index in [2.05, 4.69) is 14.5 Å². The molecule has 0 aliphatic rings. The SMILES string of the molecule is COc1nc(C(F)(F)F)c(OC(F)(F)F)cc1C(F)F. The van der Waals surface area contributed by atoms with Crippen LogP contribution >= 0.6 is 0 Å². The molecule has 0 aliphatic heterocycles. The Morgan fingerprint density at radius 3 is 2.00 bits per heavy atom. The van der Waals surface area contributed by atoms with Crippen molar-refractivity contribution in [3.63, 3.8) is 0 Å². The first-order valence-corrected chi connectivity index (χ1v) is 4.65. The smallest absolute Gasteiger partial charge is 0.481 e. The quantitative estimate of drug-likeness (QED) is 0.792. The summed E-state index contributed by atoms with van der Waals surface area (Å²) in [6.45, 7) is 0. The van der Waals surface area contributed by atoms with E-state index < -0.39 is 41.9 Å². The average molecular weight is 311 g/mol. The molecule has 1 aromatic heterocycles. The lowest BCUT2D eigenvalue weighted by Gasteiger charge is -2.17. The molecule has 0 aromatic carbocycles. The van der Waals surface area contributed by atoms with Crippen molar-refractivity contribution in [1.82, 2.24) is 4.98 Å². The van der Waals surface area contributed by atoms with Crippen molar-refractivity contribution in [1.29, 1.82) is 0 Å². The van der Waals surface area contributed by atoms with Crippen LogP contribution in [-0.2, 0) is 6.18 Å². The summed E-state index contributed by atoms with van der Waals surface area (Å²) in [5.41, 5.74) is -3.36. The summed E-state index contributed by atoms with van der Waals surface area (Å²) in [5, 5.41) is 0. The fourth-order valence-corrected chi connectivity index (χ4v) is 1.22. The Morgan fingerprint density at radius 2 is 1.65 bits per heavy atom. The van der Waals surface area contributed by atoms with Crippen molar-refractivity contribution >= 4 is 0 Å². The molecule has 0 amide bonds. The standard InChI is InChI=1S/C9H5F8NO2/c1-19-7-3(6(10)11)2-4(20-9(15,16)17)5(18-7)8(12,13)14/h2,6H,1H3. The lowest BCUT2D eigenvalue weighted by molar-refractivity contribution is -0.276. The van der Waals surface area contributed by atoms with Crippen LogP contribution in [0.3, 0.4) is 0 Å². The predicted octanol–water partition coefficient (Wildman–Crippen LogP) is 3.95. The molecule has 0 N–H and O–H groups in total. The van der Waals surface area contributed by atoms with Crippen LogP contribution in [-0.4, -0.2) is 18.5 Å². The zero-order valence-corrected chi connectivity index (χ0v) is 9.44. The van der Waals surface area contributed by atoms with E-state index in [0.717, 1.165) is 7.11 Å². The number of nitrogens with zero attached hydrogens (tertiary/aromatic N) is 1. The van der Waals surface area contributed by atoms with Crippen LogP contribution in [0, 0.1) is 0 Å². The van der Waals surface area contributed by atoms with Crippen LogP contribution in [0.4, 0.5) is 35.1 Å². The van der Waals surface area contributed by atoms with Gasteiger partial charge in [0.25, 0.3) is 6.43 Å². The van der Waals surface area contributed by atoms with Gasteiger partial charge in [0.2, 0.25) is 5.88 Å². The zero-order chi connectivity index (χ0) is 15.7. The van der Waals surface area contributed by atoms with Gasteiger partial charge in [0.1, 0.15) is 0 Å². The van der Waals surface area contributed by atoms with Gasteiger partial charge in [-0.25, -0.2) is 13.8 Å². The minimum Gasteiger partial charge on any atom is -0.481 e. The number of methoxy groups -OCH3 is 1. The summed E-state index contributed by atoms with van der Waals surface area (Å²) in [5.74, 6) is -3.01. The van der Waals surface area contributed by atoms with Crippen LogP contribution in [0.1, 0.15) is 17.7 Å². The van der Waals surface area contributed by atoms with Gasteiger partial charge < -0.3 is 9.47 Å². The van der Waals surface area contributed by atoms with Gasteiger partial charge in [-0.2, -0.15) is 13.2 Å². The Kier molecular flexibility index (Phi) is 4.30. The van der Waals surface area contributed by atoms with E-state index in [1.165, 1.54) is 0 Å². The Bertz CT molecular complexity index is 482. The topological polar surface area (TPSA) is 31.4 Å². The number of rotatable bonds is 3. The molecule has 0 radical (unpaired) electrons. The van der Waals surface area contributed by atoms with E-state index in [0.29, 0.717) is 0 Å². The summed E-state index contributed by atoms with van der Waals surface area (Å²) in [4.78, 5) is 2.62. The van der Waals surface area contributed by atoms with Crippen molar-refractivity contribution in [3.8, 4) is 11.6 Å². The molecule has 0 unspecified atom stereocenters. The lowest BCUT2D eigenvalue weighted by atomic mass is 10.2. The van der Waals surface area contributed by atoms with Crippen molar-refractivity contribution in [2.45, 2.75) is 19.0 Å². The summed E-state index contributed by atoms with van der Waals surface area (Å²) >= 11 is 0. The average Bonchev–Trinajstić information content (AvgIpc) is 2.24. The highest BCUT2D eigenvalue weighted by Gasteiger charge is 2.42. The maximum absolute atomic E-state index is 12.5. The maximum Gasteiger partial charge on any atom is 0.573 e. The second-order valence-electron chi connectivity index (χ2n) is 3.28. The molecule has 114 valence electrons. The van der Waals surface area contributed by atoms with Gasteiger partial charge in [-0.3, -0.25) is 0 Å². The van der Waals surface area contributed by atoms with E-state index in [4.69, 9.17) is 0 Å². The first-order chi connectivity index (χ1) is 8.95. The minimum absolute atomic E-state index is 0.104. The predicted molar refractivity (Wildman–Crippen MR) is 47.4 cm³/mol. The minimum atomic E-state index is -5.49. The largest absolute Gasteiger partial charge is 0.573 e. The third-order valence-corrected chi connectivity index (χ3v) is 1.90. The number of ether oxygens (including phenoxy) is 2. The van der Waals surface area contributed by atoms with E-state index in [1.807, 2.05) is 0 Å². The zero-order valence-electron chi connectivity index (χ0n) is 9.44. The Morgan fingerprint density at radius 1 is 1.10 bits per heavy atom. The molecule has 0 fully saturated rings. The van der Waals surface area contributed by atoms with Crippen molar-refractivity contribution in [2.24, 2.45) is 0 Å². The van der Waals surface area contributed by atoms with Crippen molar-refractivity contribution < 1.29 is 44.6 Å². The molecule has 11 heteroatoms. The second-order valence-corrected chi connectivity index (χ2v) is 3.28. The van der Waals surface area contributed by atoms with Crippen LogP contribution in [0.2, 0.25) is 0 Å². The summed E-state index contributed by atoms with van der Waals surface area (Å²) in [6, 6.07) is -0.104. The van der Waals surface area contributed by atoms with Gasteiger partial charge in [-0.1, -0.05) is 0 Å². The Labute approximate surface area is 106 Å². The van der Waals surface area contributed by atoms with Crippen LogP contribution in [0.25, 0.3) is 0 Å². The highest BCUT2D eigenvalue weighted by molar-refractivity contribution is 5.41. The maximum atomic E-state index is 12.5. The molecule has 0 aliphatic carbocycles. The van der Waals surface area contributed by atoms with Gasteiger partial charge in [0.05, 0.1) is 12.7 Å². The van der Waals surface area contributed by atoms with Gasteiger partial charge in [0.15, 0.2) is 11.4 Å². The number of hydrogen-bond donors (Lipinski definition) is 0. The fourth-order valence-electron chi connectivity index (χ4n) is 1.22. The Hall–Kier alpha value is -1.81. The number of hydrogen-bond acceptors (Lipinski definition) is 3. The first kappa shape index (κ1) is 16.2. The van der Waals surface area contributed by atoms with Crippen molar-refractivity contribution in [2.75, 3.05) is 7.11 Å². The third-order valence-electron chi connectivity index (χ3n) is 1.90. The molecule has 1 aromatic rings. The van der Waals surface area contributed by atoms with E-state index >= 15 is 0 Å². The molecule has 1 heterocycles. The third kappa shape index (κ3) is 3.84. The number of pyridine rings is 1. The molecule has 0 spiro atoms. The molecule has 0 atom stereocenters. The normalized spacial score (nSPS) is 12.7. The van der Waals surface area contributed by atoms with Gasteiger partial charge in [-0.15, -0.1) is 13.2 Å². The first-order valence-electron chi connectivity index (χ1n) is 4.65. The molecular weight excluding hydrogens is 306 g/mol. The molecule has 20 heavy (non-hydrogen) atoms. The van der Waals surface area contributed by atoms with Crippen LogP contribution in [0.5, 0.6) is 11.6 Å². The fraction of sp³-hybridized carbons (Fsp3) is 0.444. The van der Waals surface area contributed by atoms with Crippen molar-refractivity contribution in [3.05, 3.63) is 17.3 Å². The molecule has 0 bridgehead atoms. The van der Waals surface area contributed by atoms with Gasteiger partial charge in [0, 0.05) is 0 Å². The Balaban J connectivity index is 3.48. The summed E-state index contributed by atoms with van der Waals surface area (Å²) < 4.78 is 106. The molecule has 0 saturated carbocycles. The lowest BCUT2D eigenvalue weighted by Crippen LogP contribution is -2.21. The molecule has 1 rings (SSSR count). The molecular formula is C9H5F8NO2. The van der Waals surface area contributed by atoms with Gasteiger partial charge >= 0.3 is 12.5 Å². The van der Waals surface area contributed by atoms with E-state index in [-0.39, 0.29) is 6.07 Å². The summed E-state index contributed by atoms with van der Waals surface area (Å²) in [6.07, 6.45) is -14.2. The van der Waals surface area contributed by atoms with Crippen LogP contribution in [0.15, 0.2) is 6.07 Å². The van der Waals surface area contributed by atoms with Gasteiger partial charge in [-0.05, 0) is 6.07 Å². The highest BCUT2D eigenvalue weighted by atomic mass is 19.4. The summed E-state index contributed by atoms with van der Waals surface area (Å²) in [7, 11) is 0.749. The highest BCUT2D eigenvalue weighted by Crippen LogP contribution is 2.41. The number of halogens is 8. The number of alkyl halides is 8. The second kappa shape index (κ2) is 5.29.